The second-order valence-corrected chi connectivity index (χ2v) is 16.9. The molecule has 0 saturated carbocycles. The molecule has 0 aliphatic heterocycles. The van der Waals surface area contributed by atoms with Crippen molar-refractivity contribution < 1.29 is 11.3 Å². The van der Waals surface area contributed by atoms with Crippen LogP contribution in [0.1, 0.15) is 6.85 Å². The zero-order valence-electron chi connectivity index (χ0n) is 39.9. The van der Waals surface area contributed by atoms with E-state index in [4.69, 9.17) is 11.3 Å². The lowest BCUT2D eigenvalue weighted by molar-refractivity contribution is 0.669. The topological polar surface area (TPSA) is 23.0 Å². The number of benzene rings is 11. The van der Waals surface area contributed by atoms with E-state index in [-0.39, 0.29) is 29.7 Å². The van der Waals surface area contributed by atoms with E-state index in [2.05, 4.69) is 185 Å². The monoisotopic (exact) mass is 831 g/mol. The fourth-order valence-electron chi connectivity index (χ4n) is 10.5. The number of aromatic nitrogens is 2. The van der Waals surface area contributed by atoms with Crippen LogP contribution in [0.5, 0.6) is 0 Å². The summed E-state index contributed by atoms with van der Waals surface area (Å²) >= 11 is 0. The van der Waals surface area contributed by atoms with Crippen molar-refractivity contribution in [1.82, 2.24) is 9.13 Å². The summed E-state index contributed by atoms with van der Waals surface area (Å²) in [5.41, 5.74) is 12.9. The van der Waals surface area contributed by atoms with Gasteiger partial charge in [-0.25, -0.2) is 0 Å². The standard InChI is InChI=1S/C62H38N2O/c1-2-13-39(14-3-1)47-21-12-24-61-62(47)55-38-45(31-34-60(55)65-61)64-57-23-11-9-20-51(57)54-36-42(28-33-59(54)64)41-27-32-58-53(35-41)50-19-8-10-22-56(50)63(58)44-29-25-40(26-30-44)52-37-43-15-4-5-16-46(43)48-17-6-7-18-49(48)52/h1-38H/i1D,2D,3D,13D,14D. The van der Waals surface area contributed by atoms with Crippen molar-refractivity contribution in [2.75, 3.05) is 0 Å². The Bertz CT molecular complexity index is 4510. The van der Waals surface area contributed by atoms with Crippen LogP contribution in [-0.4, -0.2) is 9.13 Å². The molecule has 14 rings (SSSR count). The Balaban J connectivity index is 0.880. The molecule has 3 heteroatoms. The number of fused-ring (bicyclic) bond motifs is 12. The fourth-order valence-corrected chi connectivity index (χ4v) is 10.5. The third kappa shape index (κ3) is 5.43. The van der Waals surface area contributed by atoms with Crippen LogP contribution in [0.15, 0.2) is 235 Å². The summed E-state index contributed by atoms with van der Waals surface area (Å²) in [7, 11) is 0. The van der Waals surface area contributed by atoms with Gasteiger partial charge in [-0.1, -0.05) is 152 Å². The van der Waals surface area contributed by atoms with E-state index in [1.807, 2.05) is 12.1 Å². The molecule has 0 aliphatic rings. The molecule has 0 aliphatic carbocycles. The average molecular weight is 832 g/mol. The lowest BCUT2D eigenvalue weighted by Gasteiger charge is -2.13. The van der Waals surface area contributed by atoms with Crippen molar-refractivity contribution in [2.45, 2.75) is 0 Å². The van der Waals surface area contributed by atoms with Crippen LogP contribution in [0, 0.1) is 0 Å². The zero-order chi connectivity index (χ0) is 46.9. The molecule has 65 heavy (non-hydrogen) atoms. The third-order valence-corrected chi connectivity index (χ3v) is 13.4. The highest BCUT2D eigenvalue weighted by atomic mass is 16.3. The van der Waals surface area contributed by atoms with Crippen molar-refractivity contribution in [2.24, 2.45) is 0 Å². The van der Waals surface area contributed by atoms with Crippen molar-refractivity contribution in [3.8, 4) is 44.8 Å². The molecular weight excluding hydrogens is 789 g/mol. The first-order valence-electron chi connectivity index (χ1n) is 24.4. The molecule has 0 atom stereocenters. The van der Waals surface area contributed by atoms with Gasteiger partial charge in [0.05, 0.1) is 28.9 Å². The van der Waals surface area contributed by atoms with E-state index < -0.39 is 6.04 Å². The maximum absolute atomic E-state index is 8.80. The minimum absolute atomic E-state index is 0.150. The molecular formula is C62H38N2O. The predicted molar refractivity (Wildman–Crippen MR) is 274 cm³/mol. The van der Waals surface area contributed by atoms with Crippen LogP contribution in [0.25, 0.3) is 132 Å². The van der Waals surface area contributed by atoms with Gasteiger partial charge in [0.25, 0.3) is 0 Å². The van der Waals surface area contributed by atoms with Gasteiger partial charge < -0.3 is 13.6 Å². The zero-order valence-corrected chi connectivity index (χ0v) is 34.9. The molecule has 0 fully saturated rings. The summed E-state index contributed by atoms with van der Waals surface area (Å²) in [6.07, 6.45) is 0. The third-order valence-electron chi connectivity index (χ3n) is 13.4. The van der Waals surface area contributed by atoms with Crippen LogP contribution in [0.2, 0.25) is 0 Å². The van der Waals surface area contributed by atoms with Crippen LogP contribution >= 0.6 is 0 Å². The SMILES string of the molecule is [2H]c1c([2H])c([2H])c(-c2cccc3oc4ccc(-n5c6ccccc6c6cc(-c7ccc8c(c7)c7ccccc7n8-c7ccc(-c8cc9ccccc9c9ccccc89)cc7)ccc65)cc4c23)c([2H])c1[2H]. The highest BCUT2D eigenvalue weighted by Gasteiger charge is 2.19. The molecule has 0 N–H and O–H groups in total. The van der Waals surface area contributed by atoms with E-state index in [9.17, 15) is 0 Å². The van der Waals surface area contributed by atoms with E-state index >= 15 is 0 Å². The van der Waals surface area contributed by atoms with Gasteiger partial charge >= 0.3 is 0 Å². The molecule has 0 radical (unpaired) electrons. The highest BCUT2D eigenvalue weighted by molar-refractivity contribution is 6.16. The first kappa shape index (κ1) is 31.2. The number of nitrogens with zero attached hydrogens (tertiary/aromatic N) is 2. The summed E-state index contributed by atoms with van der Waals surface area (Å²) in [4.78, 5) is 0. The first-order chi connectivity index (χ1) is 34.3. The lowest BCUT2D eigenvalue weighted by atomic mass is 9.93. The Kier molecular flexibility index (Phi) is 6.69. The molecule has 3 nitrogen and oxygen atoms in total. The van der Waals surface area contributed by atoms with Gasteiger partial charge in [-0.05, 0) is 134 Å². The number of furan rings is 1. The number of rotatable bonds is 5. The van der Waals surface area contributed by atoms with Crippen LogP contribution in [0.3, 0.4) is 0 Å². The molecule has 0 bridgehead atoms. The van der Waals surface area contributed by atoms with Gasteiger partial charge in [-0.3, -0.25) is 0 Å². The van der Waals surface area contributed by atoms with Gasteiger partial charge in [-0.2, -0.15) is 0 Å². The largest absolute Gasteiger partial charge is 0.456 e. The van der Waals surface area contributed by atoms with E-state index in [1.54, 1.807) is 12.1 Å². The molecule has 0 amide bonds. The number of para-hydroxylation sites is 2. The van der Waals surface area contributed by atoms with E-state index in [0.717, 1.165) is 60.7 Å². The van der Waals surface area contributed by atoms with Crippen molar-refractivity contribution in [1.29, 1.82) is 0 Å². The maximum atomic E-state index is 8.80. The molecule has 11 aromatic carbocycles. The Hall–Kier alpha value is -8.66. The van der Waals surface area contributed by atoms with Crippen molar-refractivity contribution >= 4 is 87.1 Å². The molecule has 3 heterocycles. The average Bonchev–Trinajstić information content (AvgIpc) is 4.07. The Morgan fingerprint density at radius 3 is 1.60 bits per heavy atom. The normalized spacial score (nSPS) is 13.1. The number of hydrogen-bond donors (Lipinski definition) is 0. The predicted octanol–water partition coefficient (Wildman–Crippen LogP) is 17.1. The maximum Gasteiger partial charge on any atom is 0.136 e. The molecule has 3 aromatic heterocycles. The summed E-state index contributed by atoms with van der Waals surface area (Å²) in [5.74, 6) is 0. The Labute approximate surface area is 381 Å². The van der Waals surface area contributed by atoms with Gasteiger partial charge in [-0.15, -0.1) is 0 Å². The lowest BCUT2D eigenvalue weighted by Crippen LogP contribution is -1.94. The van der Waals surface area contributed by atoms with Crippen LogP contribution in [0.4, 0.5) is 0 Å². The van der Waals surface area contributed by atoms with Gasteiger partial charge in [0.15, 0.2) is 0 Å². The first-order valence-corrected chi connectivity index (χ1v) is 21.9. The quantitative estimate of drug-likeness (QED) is 0.158. The van der Waals surface area contributed by atoms with Crippen molar-refractivity contribution in [3.63, 3.8) is 0 Å². The second-order valence-electron chi connectivity index (χ2n) is 16.9. The molecule has 0 unspecified atom stereocenters. The Morgan fingerprint density at radius 2 is 0.892 bits per heavy atom. The molecule has 302 valence electrons. The number of hydrogen-bond acceptors (Lipinski definition) is 1. The van der Waals surface area contributed by atoms with Crippen LogP contribution in [-0.2, 0) is 0 Å². The Morgan fingerprint density at radius 1 is 0.323 bits per heavy atom. The van der Waals surface area contributed by atoms with Crippen LogP contribution < -0.4 is 0 Å². The summed E-state index contributed by atoms with van der Waals surface area (Å²) in [5, 5.41) is 11.1. The molecule has 0 saturated heterocycles. The molecule has 0 spiro atoms. The summed E-state index contributed by atoms with van der Waals surface area (Å²) in [6.45, 7) is 0. The molecule has 14 aromatic rings. The highest BCUT2D eigenvalue weighted by Crippen LogP contribution is 2.42. The van der Waals surface area contributed by atoms with Crippen molar-refractivity contribution in [3.05, 3.63) is 230 Å². The van der Waals surface area contributed by atoms with E-state index in [0.29, 0.717) is 22.1 Å². The van der Waals surface area contributed by atoms with Gasteiger partial charge in [0.2, 0.25) is 0 Å². The van der Waals surface area contributed by atoms with E-state index in [1.165, 1.54) is 43.4 Å². The summed E-state index contributed by atoms with van der Waals surface area (Å²) < 4.78 is 53.6. The minimum atomic E-state index is -0.419. The van der Waals surface area contributed by atoms with Gasteiger partial charge in [0, 0.05) is 43.7 Å². The smallest absolute Gasteiger partial charge is 0.136 e. The summed E-state index contributed by atoms with van der Waals surface area (Å²) in [6, 6.07) is 69.2. The minimum Gasteiger partial charge on any atom is -0.456 e. The fraction of sp³-hybridized carbons (Fsp3) is 0. The van der Waals surface area contributed by atoms with Gasteiger partial charge in [0.1, 0.15) is 11.2 Å². The second kappa shape index (κ2) is 13.9.